The van der Waals surface area contributed by atoms with Crippen LogP contribution in [0.2, 0.25) is 0 Å². The Bertz CT molecular complexity index is 592. The fraction of sp³-hybridized carbons (Fsp3) is 0.562. The standard InChI is InChI=1S/C16H26N2O3S/c1-5-6-7-16(19)17-8-9-18(22(4,20)21)15-11-13(2)10-14(3)12-15/h10-12H,5-9H2,1-4H3,(H,17,19). The second-order valence-corrected chi connectivity index (χ2v) is 7.54. The van der Waals surface area contributed by atoms with E-state index in [1.807, 2.05) is 39.0 Å². The first-order valence-electron chi connectivity index (χ1n) is 7.56. The Morgan fingerprint density at radius 1 is 1.18 bits per heavy atom. The van der Waals surface area contributed by atoms with E-state index in [1.54, 1.807) is 0 Å². The summed E-state index contributed by atoms with van der Waals surface area (Å²) in [6.45, 7) is 6.44. The number of carbonyl (C=O) groups is 1. The van der Waals surface area contributed by atoms with Crippen LogP contribution in [0.3, 0.4) is 0 Å². The lowest BCUT2D eigenvalue weighted by atomic mass is 10.1. The number of hydrogen-bond acceptors (Lipinski definition) is 3. The van der Waals surface area contributed by atoms with E-state index >= 15 is 0 Å². The Balaban J connectivity index is 2.77. The number of carbonyl (C=O) groups excluding carboxylic acids is 1. The summed E-state index contributed by atoms with van der Waals surface area (Å²) >= 11 is 0. The van der Waals surface area contributed by atoms with Crippen molar-refractivity contribution in [2.24, 2.45) is 0 Å². The van der Waals surface area contributed by atoms with Crippen LogP contribution in [0.15, 0.2) is 18.2 Å². The zero-order valence-corrected chi connectivity index (χ0v) is 14.7. The van der Waals surface area contributed by atoms with Crippen molar-refractivity contribution in [3.05, 3.63) is 29.3 Å². The average Bonchev–Trinajstić information content (AvgIpc) is 2.38. The molecule has 0 fully saturated rings. The average molecular weight is 326 g/mol. The summed E-state index contributed by atoms with van der Waals surface area (Å²) in [5.41, 5.74) is 2.66. The van der Waals surface area contributed by atoms with Crippen LogP contribution in [0.4, 0.5) is 5.69 Å². The highest BCUT2D eigenvalue weighted by atomic mass is 32.2. The van der Waals surface area contributed by atoms with E-state index in [-0.39, 0.29) is 12.5 Å². The number of unbranched alkanes of at least 4 members (excludes halogenated alkanes) is 1. The van der Waals surface area contributed by atoms with Gasteiger partial charge in [0.15, 0.2) is 0 Å². The summed E-state index contributed by atoms with van der Waals surface area (Å²) < 4.78 is 25.4. The first kappa shape index (κ1) is 18.5. The largest absolute Gasteiger partial charge is 0.354 e. The summed E-state index contributed by atoms with van der Waals surface area (Å²) in [6, 6.07) is 5.68. The second kappa shape index (κ2) is 8.17. The SMILES string of the molecule is CCCCC(=O)NCCN(c1cc(C)cc(C)c1)S(C)(=O)=O. The number of hydrogen-bond donors (Lipinski definition) is 1. The number of aryl methyl sites for hydroxylation is 2. The highest BCUT2D eigenvalue weighted by Gasteiger charge is 2.17. The van der Waals surface area contributed by atoms with Gasteiger partial charge >= 0.3 is 0 Å². The number of sulfonamides is 1. The normalized spacial score (nSPS) is 11.3. The molecule has 124 valence electrons. The minimum Gasteiger partial charge on any atom is -0.354 e. The van der Waals surface area contributed by atoms with Gasteiger partial charge in [-0.05, 0) is 43.5 Å². The summed E-state index contributed by atoms with van der Waals surface area (Å²) in [7, 11) is -3.38. The van der Waals surface area contributed by atoms with Crippen LogP contribution >= 0.6 is 0 Å². The first-order valence-corrected chi connectivity index (χ1v) is 9.41. The van der Waals surface area contributed by atoms with Gasteiger partial charge in [0.05, 0.1) is 18.5 Å². The maximum atomic E-state index is 12.0. The summed E-state index contributed by atoms with van der Waals surface area (Å²) in [5, 5.41) is 2.77. The summed E-state index contributed by atoms with van der Waals surface area (Å²) in [4.78, 5) is 11.6. The fourth-order valence-corrected chi connectivity index (χ4v) is 3.21. The van der Waals surface area contributed by atoms with Crippen molar-refractivity contribution in [2.45, 2.75) is 40.0 Å². The van der Waals surface area contributed by atoms with Gasteiger partial charge in [-0.25, -0.2) is 8.42 Å². The van der Waals surface area contributed by atoms with Crippen molar-refractivity contribution < 1.29 is 13.2 Å². The molecule has 1 N–H and O–H groups in total. The van der Waals surface area contributed by atoms with Gasteiger partial charge in [0.25, 0.3) is 0 Å². The van der Waals surface area contributed by atoms with Crippen LogP contribution < -0.4 is 9.62 Å². The van der Waals surface area contributed by atoms with Crippen molar-refractivity contribution in [1.29, 1.82) is 0 Å². The Kier molecular flexibility index (Phi) is 6.87. The predicted molar refractivity (Wildman–Crippen MR) is 90.6 cm³/mol. The Labute approximate surface area is 133 Å². The van der Waals surface area contributed by atoms with Gasteiger partial charge in [-0.3, -0.25) is 9.10 Å². The minimum atomic E-state index is -3.38. The molecule has 1 rings (SSSR count). The topological polar surface area (TPSA) is 66.5 Å². The maximum Gasteiger partial charge on any atom is 0.232 e. The van der Waals surface area contributed by atoms with E-state index < -0.39 is 10.0 Å². The number of benzene rings is 1. The highest BCUT2D eigenvalue weighted by molar-refractivity contribution is 7.92. The summed E-state index contributed by atoms with van der Waals surface area (Å²) in [6.07, 6.45) is 3.48. The third kappa shape index (κ3) is 6.05. The van der Waals surface area contributed by atoms with Crippen LogP contribution in [-0.4, -0.2) is 33.7 Å². The van der Waals surface area contributed by atoms with Crippen LogP contribution in [0.25, 0.3) is 0 Å². The molecule has 6 heteroatoms. The van der Waals surface area contributed by atoms with Crippen LogP contribution in [0.1, 0.15) is 37.3 Å². The number of rotatable bonds is 8. The fourth-order valence-electron chi connectivity index (χ4n) is 2.30. The molecular formula is C16H26N2O3S. The van der Waals surface area contributed by atoms with Gasteiger partial charge in [0.2, 0.25) is 15.9 Å². The molecule has 22 heavy (non-hydrogen) atoms. The highest BCUT2D eigenvalue weighted by Crippen LogP contribution is 2.20. The van der Waals surface area contributed by atoms with E-state index in [2.05, 4.69) is 5.32 Å². The number of anilines is 1. The molecule has 0 heterocycles. The molecule has 0 bridgehead atoms. The molecular weight excluding hydrogens is 300 g/mol. The third-order valence-electron chi connectivity index (χ3n) is 3.29. The maximum absolute atomic E-state index is 12.0. The smallest absolute Gasteiger partial charge is 0.232 e. The van der Waals surface area contributed by atoms with Crippen LogP contribution in [0, 0.1) is 13.8 Å². The number of nitrogens with zero attached hydrogens (tertiary/aromatic N) is 1. The Morgan fingerprint density at radius 3 is 2.27 bits per heavy atom. The van der Waals surface area contributed by atoms with Crippen molar-refractivity contribution in [1.82, 2.24) is 5.32 Å². The van der Waals surface area contributed by atoms with Gasteiger partial charge in [-0.1, -0.05) is 19.4 Å². The predicted octanol–water partition coefficient (Wildman–Crippen LogP) is 2.38. The summed E-state index contributed by atoms with van der Waals surface area (Å²) in [5.74, 6) is -0.0317. The molecule has 0 spiro atoms. The van der Waals surface area contributed by atoms with Gasteiger partial charge in [0.1, 0.15) is 0 Å². The zero-order valence-electron chi connectivity index (χ0n) is 13.8. The van der Waals surface area contributed by atoms with E-state index in [4.69, 9.17) is 0 Å². The monoisotopic (exact) mass is 326 g/mol. The van der Waals surface area contributed by atoms with E-state index in [1.165, 1.54) is 10.6 Å². The number of nitrogens with one attached hydrogen (secondary N) is 1. The molecule has 0 saturated carbocycles. The molecule has 0 atom stereocenters. The quantitative estimate of drug-likeness (QED) is 0.797. The lowest BCUT2D eigenvalue weighted by Gasteiger charge is -2.23. The minimum absolute atomic E-state index is 0.0317. The molecule has 0 radical (unpaired) electrons. The molecule has 0 aliphatic heterocycles. The van der Waals surface area contributed by atoms with Crippen molar-refractivity contribution in [3.63, 3.8) is 0 Å². The van der Waals surface area contributed by atoms with Crippen LogP contribution in [0.5, 0.6) is 0 Å². The molecule has 1 aromatic carbocycles. The van der Waals surface area contributed by atoms with Crippen molar-refractivity contribution >= 4 is 21.6 Å². The molecule has 0 unspecified atom stereocenters. The zero-order chi connectivity index (χ0) is 16.8. The Morgan fingerprint density at radius 2 is 1.77 bits per heavy atom. The number of amides is 1. The first-order chi connectivity index (χ1) is 10.2. The van der Waals surface area contributed by atoms with E-state index in [0.29, 0.717) is 18.7 Å². The van der Waals surface area contributed by atoms with E-state index in [9.17, 15) is 13.2 Å². The van der Waals surface area contributed by atoms with Gasteiger partial charge in [-0.15, -0.1) is 0 Å². The van der Waals surface area contributed by atoms with E-state index in [0.717, 1.165) is 24.0 Å². The van der Waals surface area contributed by atoms with Gasteiger partial charge < -0.3 is 5.32 Å². The molecule has 0 aliphatic rings. The second-order valence-electron chi connectivity index (χ2n) is 5.63. The Hall–Kier alpha value is -1.56. The van der Waals surface area contributed by atoms with Crippen molar-refractivity contribution in [3.8, 4) is 0 Å². The third-order valence-corrected chi connectivity index (χ3v) is 4.48. The molecule has 1 aromatic rings. The van der Waals surface area contributed by atoms with Crippen LogP contribution in [-0.2, 0) is 14.8 Å². The van der Waals surface area contributed by atoms with Crippen molar-refractivity contribution in [2.75, 3.05) is 23.7 Å². The molecule has 0 aromatic heterocycles. The lowest BCUT2D eigenvalue weighted by Crippen LogP contribution is -2.38. The molecule has 0 aliphatic carbocycles. The van der Waals surface area contributed by atoms with Gasteiger partial charge in [0, 0.05) is 13.0 Å². The molecule has 0 saturated heterocycles. The molecule has 1 amide bonds. The lowest BCUT2D eigenvalue weighted by molar-refractivity contribution is -0.121. The van der Waals surface area contributed by atoms with Gasteiger partial charge in [-0.2, -0.15) is 0 Å². The molecule has 5 nitrogen and oxygen atoms in total.